The number of ether oxygens (including phenoxy) is 1. The molecule has 0 aliphatic heterocycles. The molecule has 1 aliphatic carbocycles. The second-order valence-corrected chi connectivity index (χ2v) is 4.73. The van der Waals surface area contributed by atoms with Crippen molar-refractivity contribution in [2.75, 3.05) is 7.11 Å². The molecule has 16 heavy (non-hydrogen) atoms. The Morgan fingerprint density at radius 2 is 1.56 bits per heavy atom. The van der Waals surface area contributed by atoms with Gasteiger partial charge < -0.3 is 10.5 Å². The predicted octanol–water partition coefficient (Wildman–Crippen LogP) is 2.72. The van der Waals surface area contributed by atoms with Crippen LogP contribution in [0.5, 0.6) is 0 Å². The minimum Gasteiger partial charge on any atom is -0.372 e. The highest BCUT2D eigenvalue weighted by Gasteiger charge is 2.45. The Bertz CT molecular complexity index is 210. The lowest BCUT2D eigenvalue weighted by Crippen LogP contribution is -2.41. The first-order valence-corrected chi connectivity index (χ1v) is 5.71. The van der Waals surface area contributed by atoms with Crippen molar-refractivity contribution < 1.29 is 17.9 Å². The molecule has 96 valence electrons. The Hall–Kier alpha value is -0.290. The summed E-state index contributed by atoms with van der Waals surface area (Å²) in [7, 11) is 1.13. The maximum absolute atomic E-state index is 12.6. The molecule has 0 aromatic carbocycles. The van der Waals surface area contributed by atoms with E-state index in [0.717, 1.165) is 20.0 Å². The van der Waals surface area contributed by atoms with Crippen LogP contribution in [0.4, 0.5) is 13.2 Å². The van der Waals surface area contributed by atoms with Crippen LogP contribution in [0.1, 0.15) is 32.6 Å². The molecular weight excluding hydrogens is 219 g/mol. The van der Waals surface area contributed by atoms with Gasteiger partial charge in [-0.15, -0.1) is 0 Å². The van der Waals surface area contributed by atoms with Crippen LogP contribution in [-0.4, -0.2) is 25.4 Å². The van der Waals surface area contributed by atoms with Gasteiger partial charge in [0.2, 0.25) is 0 Å². The quantitative estimate of drug-likeness (QED) is 0.821. The lowest BCUT2D eigenvalue weighted by molar-refractivity contribution is -0.231. The topological polar surface area (TPSA) is 35.2 Å². The first-order valence-electron chi connectivity index (χ1n) is 5.71. The summed E-state index contributed by atoms with van der Waals surface area (Å²) < 4.78 is 42.4. The van der Waals surface area contributed by atoms with Crippen molar-refractivity contribution in [3.8, 4) is 0 Å². The van der Waals surface area contributed by atoms with E-state index in [4.69, 9.17) is 5.73 Å². The maximum Gasteiger partial charge on any atom is 0.414 e. The average Bonchev–Trinajstić information content (AvgIpc) is 2.17. The van der Waals surface area contributed by atoms with Crippen LogP contribution < -0.4 is 5.73 Å². The average molecular weight is 239 g/mol. The highest BCUT2D eigenvalue weighted by atomic mass is 19.4. The number of alkyl halides is 3. The van der Waals surface area contributed by atoms with Crippen LogP contribution in [0.3, 0.4) is 0 Å². The van der Waals surface area contributed by atoms with E-state index in [9.17, 15) is 13.2 Å². The van der Waals surface area contributed by atoms with Crippen molar-refractivity contribution in [1.82, 2.24) is 0 Å². The van der Waals surface area contributed by atoms with Gasteiger partial charge in [0.05, 0.1) is 0 Å². The Morgan fingerprint density at radius 1 is 1.12 bits per heavy atom. The van der Waals surface area contributed by atoms with E-state index in [-0.39, 0.29) is 6.04 Å². The molecule has 0 aromatic rings. The first kappa shape index (κ1) is 13.8. The van der Waals surface area contributed by atoms with Gasteiger partial charge in [0.15, 0.2) is 6.10 Å². The fourth-order valence-electron chi connectivity index (χ4n) is 2.57. The molecule has 2 nitrogen and oxygen atoms in total. The van der Waals surface area contributed by atoms with Crippen molar-refractivity contribution in [3.63, 3.8) is 0 Å². The SMILES string of the molecule is COC(C1CCC(C(C)N)CC1)C(F)(F)F. The van der Waals surface area contributed by atoms with Gasteiger partial charge in [-0.2, -0.15) is 13.2 Å². The first-order chi connectivity index (χ1) is 7.36. The lowest BCUT2D eigenvalue weighted by Gasteiger charge is -2.35. The van der Waals surface area contributed by atoms with Crippen LogP contribution in [0.15, 0.2) is 0 Å². The van der Waals surface area contributed by atoms with Gasteiger partial charge in [-0.25, -0.2) is 0 Å². The van der Waals surface area contributed by atoms with Crippen molar-refractivity contribution in [2.45, 2.75) is 50.9 Å². The summed E-state index contributed by atoms with van der Waals surface area (Å²) in [6, 6.07) is 0.0767. The molecule has 2 N–H and O–H groups in total. The van der Waals surface area contributed by atoms with E-state index in [1.165, 1.54) is 0 Å². The fourth-order valence-corrected chi connectivity index (χ4v) is 2.57. The second-order valence-electron chi connectivity index (χ2n) is 4.73. The molecule has 0 aromatic heterocycles. The molecule has 1 fully saturated rings. The normalized spacial score (nSPS) is 31.1. The molecule has 2 atom stereocenters. The van der Waals surface area contributed by atoms with Crippen LogP contribution in [0, 0.1) is 11.8 Å². The maximum atomic E-state index is 12.6. The molecule has 1 aliphatic rings. The summed E-state index contributed by atoms with van der Waals surface area (Å²) in [6.07, 6.45) is -3.19. The third-order valence-electron chi connectivity index (χ3n) is 3.56. The van der Waals surface area contributed by atoms with E-state index in [1.54, 1.807) is 0 Å². The minimum absolute atomic E-state index is 0.0767. The van der Waals surface area contributed by atoms with Gasteiger partial charge in [0, 0.05) is 13.2 Å². The number of halogens is 3. The third kappa shape index (κ3) is 3.35. The van der Waals surface area contributed by atoms with Crippen LogP contribution >= 0.6 is 0 Å². The summed E-state index contributed by atoms with van der Waals surface area (Å²) in [4.78, 5) is 0. The standard InChI is InChI=1S/C11H20F3NO/c1-7(15)8-3-5-9(6-4-8)10(16-2)11(12,13)14/h7-10H,3-6,15H2,1-2H3. The summed E-state index contributed by atoms with van der Waals surface area (Å²) in [6.45, 7) is 1.92. The zero-order chi connectivity index (χ0) is 12.3. The Kier molecular flexibility index (Phi) is 4.62. The summed E-state index contributed by atoms with van der Waals surface area (Å²) in [5.74, 6) is -0.0398. The van der Waals surface area contributed by atoms with Gasteiger partial charge in [-0.1, -0.05) is 0 Å². The van der Waals surface area contributed by atoms with E-state index in [2.05, 4.69) is 4.74 Å². The monoisotopic (exact) mass is 239 g/mol. The molecule has 1 rings (SSSR count). The van der Waals surface area contributed by atoms with Crippen LogP contribution in [0.2, 0.25) is 0 Å². The lowest BCUT2D eigenvalue weighted by atomic mass is 9.77. The molecule has 0 saturated heterocycles. The molecule has 5 heteroatoms. The number of hydrogen-bond donors (Lipinski definition) is 1. The van der Waals surface area contributed by atoms with Crippen molar-refractivity contribution in [1.29, 1.82) is 0 Å². The highest BCUT2D eigenvalue weighted by Crippen LogP contribution is 2.38. The van der Waals surface area contributed by atoms with Gasteiger partial charge in [-0.05, 0) is 44.4 Å². The zero-order valence-electron chi connectivity index (χ0n) is 9.76. The summed E-state index contributed by atoms with van der Waals surface area (Å²) in [5, 5.41) is 0. The molecular formula is C11H20F3NO. The Labute approximate surface area is 94.3 Å². The fraction of sp³-hybridized carbons (Fsp3) is 1.00. The molecule has 0 amide bonds. The summed E-state index contributed by atoms with van der Waals surface area (Å²) >= 11 is 0. The predicted molar refractivity (Wildman–Crippen MR) is 55.9 cm³/mol. The van der Waals surface area contributed by atoms with E-state index < -0.39 is 18.2 Å². The number of nitrogens with two attached hydrogens (primary N) is 1. The van der Waals surface area contributed by atoms with Gasteiger partial charge >= 0.3 is 6.18 Å². The van der Waals surface area contributed by atoms with E-state index in [0.29, 0.717) is 18.8 Å². The third-order valence-corrected chi connectivity index (χ3v) is 3.56. The number of rotatable bonds is 3. The molecule has 0 spiro atoms. The molecule has 0 bridgehead atoms. The smallest absolute Gasteiger partial charge is 0.372 e. The van der Waals surface area contributed by atoms with Crippen molar-refractivity contribution in [2.24, 2.45) is 17.6 Å². The zero-order valence-corrected chi connectivity index (χ0v) is 9.76. The van der Waals surface area contributed by atoms with E-state index in [1.807, 2.05) is 6.92 Å². The minimum atomic E-state index is -4.25. The van der Waals surface area contributed by atoms with Crippen LogP contribution in [0.25, 0.3) is 0 Å². The second kappa shape index (κ2) is 5.36. The number of hydrogen-bond acceptors (Lipinski definition) is 2. The highest BCUT2D eigenvalue weighted by molar-refractivity contribution is 4.84. The van der Waals surface area contributed by atoms with Crippen molar-refractivity contribution in [3.05, 3.63) is 0 Å². The number of methoxy groups -OCH3 is 1. The largest absolute Gasteiger partial charge is 0.414 e. The van der Waals surface area contributed by atoms with Gasteiger partial charge in [-0.3, -0.25) is 0 Å². The van der Waals surface area contributed by atoms with E-state index >= 15 is 0 Å². The molecule has 0 radical (unpaired) electrons. The molecule has 2 unspecified atom stereocenters. The van der Waals surface area contributed by atoms with Gasteiger partial charge in [0.1, 0.15) is 0 Å². The molecule has 0 heterocycles. The Balaban J connectivity index is 2.52. The molecule has 1 saturated carbocycles. The van der Waals surface area contributed by atoms with Gasteiger partial charge in [0.25, 0.3) is 0 Å². The summed E-state index contributed by atoms with van der Waals surface area (Å²) in [5.41, 5.74) is 5.75. The Morgan fingerprint density at radius 3 is 1.88 bits per heavy atom. The van der Waals surface area contributed by atoms with Crippen LogP contribution in [-0.2, 0) is 4.74 Å². The van der Waals surface area contributed by atoms with Crippen molar-refractivity contribution >= 4 is 0 Å².